The van der Waals surface area contributed by atoms with Crippen molar-refractivity contribution in [2.24, 2.45) is 17.4 Å². The maximum atomic E-state index is 13.1. The smallest absolute Gasteiger partial charge is 0.269 e. The van der Waals surface area contributed by atoms with Crippen molar-refractivity contribution in [2.45, 2.75) is 81.3 Å². The first-order chi connectivity index (χ1) is 24.5. The van der Waals surface area contributed by atoms with Gasteiger partial charge in [0.05, 0.1) is 56.7 Å². The Bertz CT molecular complexity index is 1940. The fourth-order valence-electron chi connectivity index (χ4n) is 7.33. The fourth-order valence-corrected chi connectivity index (χ4v) is 7.33. The van der Waals surface area contributed by atoms with Crippen molar-refractivity contribution in [3.8, 4) is 11.1 Å². The van der Waals surface area contributed by atoms with Gasteiger partial charge in [0.2, 0.25) is 5.91 Å². The topological polar surface area (TPSA) is 159 Å². The third-order valence-electron chi connectivity index (χ3n) is 10.8. The number of carbonyl (C=O) groups excluding carboxylic acids is 2. The lowest BCUT2D eigenvalue weighted by molar-refractivity contribution is -0.121. The van der Waals surface area contributed by atoms with Gasteiger partial charge in [0, 0.05) is 66.6 Å². The molecule has 1 saturated heterocycles. The minimum atomic E-state index is -1.18. The van der Waals surface area contributed by atoms with Crippen LogP contribution < -0.4 is 32.3 Å². The number of nitrogens with two attached hydrogens (primary N) is 2. The quantitative estimate of drug-likeness (QED) is 0.110. The highest BCUT2D eigenvalue weighted by atomic mass is 16.2. The van der Waals surface area contributed by atoms with E-state index < -0.39 is 5.34 Å². The molecule has 4 radical (unpaired) electrons. The summed E-state index contributed by atoms with van der Waals surface area (Å²) in [4.78, 5) is 34.8. The van der Waals surface area contributed by atoms with Gasteiger partial charge in [-0.25, -0.2) is 0 Å². The Morgan fingerprint density at radius 3 is 2.45 bits per heavy atom. The molecule has 260 valence electrons. The molecule has 7 N–H and O–H groups in total. The number of aromatic nitrogens is 3. The highest BCUT2D eigenvalue weighted by Gasteiger charge is 2.43. The van der Waals surface area contributed by atoms with E-state index in [-0.39, 0.29) is 47.4 Å². The van der Waals surface area contributed by atoms with Gasteiger partial charge in [-0.15, -0.1) is 0 Å². The molecule has 0 spiro atoms. The van der Waals surface area contributed by atoms with Crippen LogP contribution in [0.3, 0.4) is 0 Å². The third kappa shape index (κ3) is 6.39. The summed E-state index contributed by atoms with van der Waals surface area (Å²) in [6, 6.07) is 12.2. The van der Waals surface area contributed by atoms with E-state index in [1.807, 2.05) is 30.5 Å². The molecule has 3 saturated carbocycles. The number of likely N-dealkylation sites (tertiary alicyclic amines) is 1. The van der Waals surface area contributed by atoms with Crippen molar-refractivity contribution in [2.75, 3.05) is 30.4 Å². The maximum absolute atomic E-state index is 13.1. The molecule has 1 atom stereocenters. The van der Waals surface area contributed by atoms with Crippen LogP contribution in [0.1, 0.15) is 87.0 Å². The van der Waals surface area contributed by atoms with Gasteiger partial charge in [-0.1, -0.05) is 25.1 Å². The van der Waals surface area contributed by atoms with Gasteiger partial charge in [0.1, 0.15) is 11.5 Å². The lowest BCUT2D eigenvalue weighted by atomic mass is 9.57. The summed E-state index contributed by atoms with van der Waals surface area (Å²) in [5.74, 6) is 0.0909. The second kappa shape index (κ2) is 12.8. The molecule has 3 aliphatic carbocycles. The molecular formula is C37H44B2N10O2. The molecule has 1 aromatic carbocycles. The van der Waals surface area contributed by atoms with Gasteiger partial charge in [-0.3, -0.25) is 19.3 Å². The van der Waals surface area contributed by atoms with Crippen molar-refractivity contribution in [1.29, 1.82) is 0 Å². The van der Waals surface area contributed by atoms with E-state index >= 15 is 0 Å². The lowest BCUT2D eigenvalue weighted by Gasteiger charge is -2.50. The summed E-state index contributed by atoms with van der Waals surface area (Å²) in [6.07, 6.45) is 10.2. The summed E-state index contributed by atoms with van der Waals surface area (Å²) in [5, 5.41) is 12.9. The Morgan fingerprint density at radius 2 is 1.76 bits per heavy atom. The number of carbonyl (C=O) groups is 2. The second-order valence-electron chi connectivity index (χ2n) is 14.8. The Morgan fingerprint density at radius 1 is 1.02 bits per heavy atom. The third-order valence-corrected chi connectivity index (χ3v) is 10.8. The number of rotatable bonds is 12. The predicted octanol–water partition coefficient (Wildman–Crippen LogP) is 2.91. The highest BCUT2D eigenvalue weighted by molar-refractivity contribution is 6.39. The molecule has 2 amide bonds. The summed E-state index contributed by atoms with van der Waals surface area (Å²) < 4.78 is 2.14. The van der Waals surface area contributed by atoms with Crippen LogP contribution in [0.25, 0.3) is 11.1 Å². The van der Waals surface area contributed by atoms with Gasteiger partial charge in [-0.05, 0) is 68.5 Å². The van der Waals surface area contributed by atoms with Gasteiger partial charge in [-0.2, -0.15) is 5.10 Å². The van der Waals surface area contributed by atoms with Crippen molar-refractivity contribution < 1.29 is 9.59 Å². The monoisotopic (exact) mass is 682 g/mol. The van der Waals surface area contributed by atoms with E-state index in [9.17, 15) is 9.59 Å². The summed E-state index contributed by atoms with van der Waals surface area (Å²) in [6.45, 7) is 3.45. The number of benzene rings is 1. The number of pyridine rings is 1. The first-order valence-corrected chi connectivity index (χ1v) is 18.1. The highest BCUT2D eigenvalue weighted by Crippen LogP contribution is 2.50. The number of allylic oxidation sites excluding steroid dienone is 1. The van der Waals surface area contributed by atoms with E-state index in [1.54, 1.807) is 0 Å². The minimum absolute atomic E-state index is 0.00536. The number of nitrogens with one attached hydrogen (secondary N) is 3. The Hall–Kier alpha value is -4.71. The average Bonchev–Trinajstić information content (AvgIpc) is 3.94. The zero-order chi connectivity index (χ0) is 35.6. The van der Waals surface area contributed by atoms with Crippen molar-refractivity contribution in [3.63, 3.8) is 0 Å². The van der Waals surface area contributed by atoms with Crippen LogP contribution in [0.4, 0.5) is 11.4 Å². The van der Waals surface area contributed by atoms with Crippen LogP contribution in [-0.4, -0.2) is 73.4 Å². The Balaban J connectivity index is 1.08. The number of anilines is 2. The standard InChI is InChI=1S/C37H44B2N10O2/c1-3-29-34-25(17-42-49(34)23-18-48(19-23)37(38,39)30-9-5-7-26(45-30)20-10-11-20)24-6-4-8-27(33(24)47(29)2)44-28(32(41)36(51)43-22-14-15-22)16-31(40)46-35(50)21-12-13-21/h4-9,16-17,20-23,29,44H,3,10-15,18-19,40-41H2,1-2H3,(H,43,51)(H,46,50)/b31-16+,32-28+. The van der Waals surface area contributed by atoms with E-state index in [0.717, 1.165) is 78.8 Å². The molecule has 4 heterocycles. The summed E-state index contributed by atoms with van der Waals surface area (Å²) in [5.41, 5.74) is 19.7. The maximum Gasteiger partial charge on any atom is 0.269 e. The second-order valence-corrected chi connectivity index (χ2v) is 14.8. The Kier molecular flexibility index (Phi) is 8.40. The van der Waals surface area contributed by atoms with Crippen LogP contribution in [0, 0.1) is 5.92 Å². The van der Waals surface area contributed by atoms with E-state index in [1.165, 1.54) is 6.08 Å². The number of fused-ring (bicyclic) bond motifs is 3. The van der Waals surface area contributed by atoms with E-state index in [0.29, 0.717) is 30.4 Å². The van der Waals surface area contributed by atoms with Gasteiger partial charge in [0.15, 0.2) is 0 Å². The van der Waals surface area contributed by atoms with Gasteiger partial charge >= 0.3 is 0 Å². The van der Waals surface area contributed by atoms with Gasteiger partial charge in [0.25, 0.3) is 5.91 Å². The number of amides is 2. The molecule has 12 nitrogen and oxygen atoms in total. The zero-order valence-electron chi connectivity index (χ0n) is 29.2. The van der Waals surface area contributed by atoms with Crippen LogP contribution in [-0.2, 0) is 14.9 Å². The van der Waals surface area contributed by atoms with Crippen molar-refractivity contribution >= 4 is 38.9 Å². The van der Waals surface area contributed by atoms with E-state index in [2.05, 4.69) is 56.5 Å². The normalized spacial score (nSPS) is 21.3. The molecule has 4 fully saturated rings. The largest absolute Gasteiger partial charge is 0.393 e. The molecule has 5 aliphatic rings. The fraction of sp³-hybridized carbons (Fsp3) is 0.459. The first kappa shape index (κ1) is 33.4. The average molecular weight is 682 g/mol. The first-order valence-electron chi connectivity index (χ1n) is 18.1. The molecule has 14 heteroatoms. The number of hydrogen-bond donors (Lipinski definition) is 5. The summed E-state index contributed by atoms with van der Waals surface area (Å²) in [7, 11) is 15.6. The SMILES string of the molecule is [B]C([B])(c1cccc(C2CC2)n1)N1CC(n2ncc3c2C(CC)N(C)c2c(NC(/C=C(\N)NC(=O)C4CC4)=C(/N)C(=O)NC4CC4)cccc2-3)C1. The molecule has 0 bridgehead atoms. The molecule has 8 rings (SSSR count). The van der Waals surface area contributed by atoms with Gasteiger partial charge < -0.3 is 37.2 Å². The Labute approximate surface area is 301 Å². The number of para-hydroxylation sites is 1. The van der Waals surface area contributed by atoms with Crippen LogP contribution >= 0.6 is 0 Å². The predicted molar refractivity (Wildman–Crippen MR) is 198 cm³/mol. The lowest BCUT2D eigenvalue weighted by Crippen LogP contribution is -2.60. The van der Waals surface area contributed by atoms with E-state index in [4.69, 9.17) is 37.2 Å². The molecule has 2 aliphatic heterocycles. The summed E-state index contributed by atoms with van der Waals surface area (Å²) >= 11 is 0. The molecule has 2 aromatic heterocycles. The van der Waals surface area contributed by atoms with Crippen LogP contribution in [0.15, 0.2) is 65.9 Å². The molecule has 51 heavy (non-hydrogen) atoms. The van der Waals surface area contributed by atoms with Crippen molar-refractivity contribution in [3.05, 3.63) is 83.0 Å². The number of hydrogen-bond acceptors (Lipinski definition) is 9. The van der Waals surface area contributed by atoms with Crippen LogP contribution in [0.2, 0.25) is 0 Å². The molecule has 1 unspecified atom stereocenters. The van der Waals surface area contributed by atoms with Crippen LogP contribution in [0.5, 0.6) is 0 Å². The molecule has 3 aromatic rings. The zero-order valence-corrected chi connectivity index (χ0v) is 29.2. The molecular weight excluding hydrogens is 638 g/mol. The minimum Gasteiger partial charge on any atom is -0.393 e. The van der Waals surface area contributed by atoms with Crippen molar-refractivity contribution in [1.82, 2.24) is 30.3 Å². The number of nitrogens with zero attached hydrogens (tertiary/aromatic N) is 5.